The largest absolute Gasteiger partial charge is 0.472 e. The van der Waals surface area contributed by atoms with Crippen molar-refractivity contribution in [2.75, 3.05) is 40.9 Å². The van der Waals surface area contributed by atoms with E-state index in [4.69, 9.17) is 9.05 Å². The van der Waals surface area contributed by atoms with E-state index in [1.54, 1.807) is 6.08 Å². The van der Waals surface area contributed by atoms with E-state index in [1.807, 2.05) is 27.2 Å². The van der Waals surface area contributed by atoms with Crippen molar-refractivity contribution in [3.8, 4) is 0 Å². The van der Waals surface area contributed by atoms with Crippen LogP contribution in [0.5, 0.6) is 0 Å². The van der Waals surface area contributed by atoms with Crippen LogP contribution in [0.25, 0.3) is 0 Å². The molecule has 3 atom stereocenters. The summed E-state index contributed by atoms with van der Waals surface area (Å²) in [5, 5.41) is 13.9. The van der Waals surface area contributed by atoms with Gasteiger partial charge in [-0.3, -0.25) is 13.8 Å². The molecule has 448 valence electrons. The number of unbranched alkanes of at least 4 members (excludes halogenated alkanes) is 50. The molecule has 0 bridgehead atoms. The number of hydrogen-bond acceptors (Lipinski definition) is 5. The number of carbonyl (C=O) groups is 1. The van der Waals surface area contributed by atoms with Gasteiger partial charge in [0.05, 0.1) is 39.9 Å². The number of amides is 1. The SMILES string of the molecule is CCCCCCCCCCCC/C=C/C(O)C(COP(=O)(O)OCC[N+](C)(C)C)NC(=O)CCCCCCCCCCCCCCCCCCCCCCCCCCCCCCCCCCCCCCCCCCC. The van der Waals surface area contributed by atoms with Crippen LogP contribution in [0.4, 0.5) is 0 Å². The molecular formula is C66H134N2O6P+. The molecule has 0 aromatic rings. The van der Waals surface area contributed by atoms with Crippen LogP contribution in [0.15, 0.2) is 12.2 Å². The van der Waals surface area contributed by atoms with Crippen molar-refractivity contribution in [1.82, 2.24) is 5.32 Å². The number of nitrogens with zero attached hydrogens (tertiary/aromatic N) is 1. The second kappa shape index (κ2) is 57.9. The first kappa shape index (κ1) is 74.2. The van der Waals surface area contributed by atoms with Gasteiger partial charge in [0.25, 0.3) is 0 Å². The number of hydrogen-bond donors (Lipinski definition) is 3. The second-order valence-electron chi connectivity index (χ2n) is 24.6. The highest BCUT2D eigenvalue weighted by Gasteiger charge is 2.28. The smallest absolute Gasteiger partial charge is 0.387 e. The quantitative estimate of drug-likeness (QED) is 0.0243. The molecule has 0 saturated carbocycles. The summed E-state index contributed by atoms with van der Waals surface area (Å²) >= 11 is 0. The van der Waals surface area contributed by atoms with Crippen LogP contribution in [0.2, 0.25) is 0 Å². The molecule has 3 N–H and O–H groups in total. The molecule has 3 unspecified atom stereocenters. The number of phosphoric acid groups is 1. The number of rotatable bonds is 63. The number of likely N-dealkylation sites (N-methyl/N-ethyl adjacent to an activating group) is 1. The fourth-order valence-electron chi connectivity index (χ4n) is 10.5. The van der Waals surface area contributed by atoms with E-state index in [2.05, 4.69) is 19.2 Å². The van der Waals surface area contributed by atoms with Crippen LogP contribution in [0.1, 0.15) is 354 Å². The van der Waals surface area contributed by atoms with E-state index in [9.17, 15) is 19.4 Å². The summed E-state index contributed by atoms with van der Waals surface area (Å²) in [5.74, 6) is -0.170. The predicted molar refractivity (Wildman–Crippen MR) is 328 cm³/mol. The zero-order chi connectivity index (χ0) is 54.9. The van der Waals surface area contributed by atoms with Crippen molar-refractivity contribution in [2.45, 2.75) is 366 Å². The predicted octanol–water partition coefficient (Wildman–Crippen LogP) is 20.9. The standard InChI is InChI=1S/C66H133N2O6P/c1-6-8-10-12-14-16-18-20-21-22-23-24-25-26-27-28-29-30-31-32-33-34-35-36-37-38-39-40-41-42-43-44-45-46-47-48-50-52-54-56-58-60-66(70)67-64(63-74-75(71,72)73-62-61-68(3,4)5)65(69)59-57-55-53-51-49-19-17-15-13-11-9-7-2/h57,59,64-65,69H,6-56,58,60-63H2,1-5H3,(H-,67,70,71,72)/p+1/b59-57+. The van der Waals surface area contributed by atoms with Gasteiger partial charge in [-0.15, -0.1) is 0 Å². The van der Waals surface area contributed by atoms with Gasteiger partial charge in [-0.1, -0.05) is 341 Å². The van der Waals surface area contributed by atoms with Crippen LogP contribution < -0.4 is 5.32 Å². The van der Waals surface area contributed by atoms with Gasteiger partial charge in [0.15, 0.2) is 0 Å². The maximum atomic E-state index is 13.0. The molecule has 75 heavy (non-hydrogen) atoms. The lowest BCUT2D eigenvalue weighted by atomic mass is 10.0. The molecule has 0 saturated heterocycles. The Labute approximate surface area is 469 Å². The van der Waals surface area contributed by atoms with E-state index in [-0.39, 0.29) is 19.1 Å². The molecule has 0 rings (SSSR count). The Kier molecular flexibility index (Phi) is 57.3. The average molecular weight is 1080 g/mol. The number of nitrogens with one attached hydrogen (secondary N) is 1. The van der Waals surface area contributed by atoms with Crippen molar-refractivity contribution in [3.05, 3.63) is 12.2 Å². The molecule has 8 nitrogen and oxygen atoms in total. The van der Waals surface area contributed by atoms with Gasteiger partial charge in [0.1, 0.15) is 13.2 Å². The third kappa shape index (κ3) is 60.7. The molecule has 0 heterocycles. The molecular weight excluding hydrogens is 948 g/mol. The average Bonchev–Trinajstić information content (AvgIpc) is 3.37. The highest BCUT2D eigenvalue weighted by Crippen LogP contribution is 2.43. The van der Waals surface area contributed by atoms with Crippen molar-refractivity contribution in [2.24, 2.45) is 0 Å². The second-order valence-corrected chi connectivity index (χ2v) is 26.0. The summed E-state index contributed by atoms with van der Waals surface area (Å²) in [6, 6.07) is -0.841. The van der Waals surface area contributed by atoms with Gasteiger partial charge in [-0.25, -0.2) is 4.57 Å². The van der Waals surface area contributed by atoms with Gasteiger partial charge < -0.3 is 19.8 Å². The third-order valence-electron chi connectivity index (χ3n) is 15.8. The van der Waals surface area contributed by atoms with Gasteiger partial charge in [0, 0.05) is 6.42 Å². The number of quaternary nitrogens is 1. The molecule has 0 aliphatic rings. The summed E-state index contributed by atoms with van der Waals surface area (Å²) in [7, 11) is 1.59. The molecule has 0 aliphatic heterocycles. The number of allylic oxidation sites excluding steroid dienone is 1. The van der Waals surface area contributed by atoms with Crippen LogP contribution in [0.3, 0.4) is 0 Å². The lowest BCUT2D eigenvalue weighted by Crippen LogP contribution is -2.45. The monoisotopic (exact) mass is 1080 g/mol. The zero-order valence-electron chi connectivity index (χ0n) is 51.3. The Bertz CT molecular complexity index is 1230. The van der Waals surface area contributed by atoms with Crippen molar-refractivity contribution in [1.29, 1.82) is 0 Å². The minimum absolute atomic E-state index is 0.0649. The van der Waals surface area contributed by atoms with Gasteiger partial charge in [-0.05, 0) is 19.3 Å². The topological polar surface area (TPSA) is 105 Å². The molecule has 0 aliphatic carbocycles. The Morgan fingerprint density at radius 2 is 0.707 bits per heavy atom. The van der Waals surface area contributed by atoms with Crippen LogP contribution in [-0.4, -0.2) is 73.4 Å². The first-order valence-corrected chi connectivity index (χ1v) is 35.1. The van der Waals surface area contributed by atoms with Crippen LogP contribution >= 0.6 is 7.82 Å². The molecule has 0 aromatic carbocycles. The number of aliphatic hydroxyl groups is 1. The minimum Gasteiger partial charge on any atom is -0.387 e. The van der Waals surface area contributed by atoms with E-state index in [0.717, 1.165) is 38.5 Å². The van der Waals surface area contributed by atoms with E-state index in [1.165, 1.54) is 295 Å². The Hall–Kier alpha value is -0.760. The maximum absolute atomic E-state index is 13.0. The lowest BCUT2D eigenvalue weighted by Gasteiger charge is -2.25. The Balaban J connectivity index is 3.77. The molecule has 0 radical (unpaired) electrons. The van der Waals surface area contributed by atoms with Crippen molar-refractivity contribution < 1.29 is 32.9 Å². The lowest BCUT2D eigenvalue weighted by molar-refractivity contribution is -0.870. The fourth-order valence-corrected chi connectivity index (χ4v) is 11.3. The Morgan fingerprint density at radius 1 is 0.440 bits per heavy atom. The summed E-state index contributed by atoms with van der Waals surface area (Å²) in [5.41, 5.74) is 0. The normalized spacial score (nSPS) is 13.7. The first-order chi connectivity index (χ1) is 36.5. The fraction of sp³-hybridized carbons (Fsp3) is 0.955. The van der Waals surface area contributed by atoms with Crippen molar-refractivity contribution in [3.63, 3.8) is 0 Å². The molecule has 0 fully saturated rings. The molecule has 0 aromatic heterocycles. The van der Waals surface area contributed by atoms with E-state index < -0.39 is 20.0 Å². The first-order valence-electron chi connectivity index (χ1n) is 33.6. The summed E-state index contributed by atoms with van der Waals surface area (Å²) in [6.07, 6.45) is 73.9. The number of phosphoric ester groups is 1. The summed E-state index contributed by atoms with van der Waals surface area (Å²) in [6.45, 7) is 4.85. The highest BCUT2D eigenvalue weighted by atomic mass is 31.2. The van der Waals surface area contributed by atoms with Crippen molar-refractivity contribution >= 4 is 13.7 Å². The van der Waals surface area contributed by atoms with Gasteiger partial charge >= 0.3 is 7.82 Å². The molecule has 9 heteroatoms. The Morgan fingerprint density at radius 3 is 0.987 bits per heavy atom. The molecule has 0 spiro atoms. The third-order valence-corrected chi connectivity index (χ3v) is 16.7. The number of aliphatic hydroxyl groups excluding tert-OH is 1. The van der Waals surface area contributed by atoms with Crippen LogP contribution in [0, 0.1) is 0 Å². The summed E-state index contributed by atoms with van der Waals surface area (Å²) < 4.78 is 23.7. The van der Waals surface area contributed by atoms with Crippen LogP contribution in [-0.2, 0) is 18.4 Å². The maximum Gasteiger partial charge on any atom is 0.472 e. The molecule has 1 amide bonds. The minimum atomic E-state index is -4.34. The van der Waals surface area contributed by atoms with E-state index in [0.29, 0.717) is 17.4 Å². The zero-order valence-corrected chi connectivity index (χ0v) is 52.2. The van der Waals surface area contributed by atoms with Gasteiger partial charge in [-0.2, -0.15) is 0 Å². The number of carbonyl (C=O) groups excluding carboxylic acids is 1. The van der Waals surface area contributed by atoms with E-state index >= 15 is 0 Å². The highest BCUT2D eigenvalue weighted by molar-refractivity contribution is 7.47. The van der Waals surface area contributed by atoms with Gasteiger partial charge in [0.2, 0.25) is 5.91 Å². The summed E-state index contributed by atoms with van der Waals surface area (Å²) in [4.78, 5) is 23.3.